The van der Waals surface area contributed by atoms with Gasteiger partial charge in [-0.1, -0.05) is 30.7 Å². The van der Waals surface area contributed by atoms with Crippen molar-refractivity contribution in [2.24, 2.45) is 11.8 Å². The Morgan fingerprint density at radius 1 is 0.909 bits per heavy atom. The summed E-state index contributed by atoms with van der Waals surface area (Å²) in [6.45, 7) is 8.30. The fourth-order valence-electron chi connectivity index (χ4n) is 2.48. The zero-order valence-electron chi connectivity index (χ0n) is 7.10. The van der Waals surface area contributed by atoms with Crippen molar-refractivity contribution < 1.29 is 0 Å². The van der Waals surface area contributed by atoms with Crippen LogP contribution in [0.25, 0.3) is 0 Å². The maximum Gasteiger partial charge on any atom is -0.0168 e. The van der Waals surface area contributed by atoms with Crippen molar-refractivity contribution in [3.8, 4) is 0 Å². The second-order valence-corrected chi connectivity index (χ2v) is 4.05. The van der Waals surface area contributed by atoms with E-state index in [1.54, 1.807) is 0 Å². The Bertz CT molecular complexity index is 178. The average Bonchev–Trinajstić information content (AvgIpc) is 2.21. The first-order valence-corrected chi connectivity index (χ1v) is 4.62. The molecule has 0 spiro atoms. The fraction of sp³-hybridized carbons (Fsp3) is 0.636. The van der Waals surface area contributed by atoms with Gasteiger partial charge in [0.05, 0.1) is 0 Å². The number of hydrogen-bond donors (Lipinski definition) is 0. The summed E-state index contributed by atoms with van der Waals surface area (Å²) in [6, 6.07) is 0. The van der Waals surface area contributed by atoms with Gasteiger partial charge in [0.25, 0.3) is 0 Å². The molecular formula is C11H16. The van der Waals surface area contributed by atoms with Crippen LogP contribution in [-0.4, -0.2) is 0 Å². The van der Waals surface area contributed by atoms with Gasteiger partial charge in [0, 0.05) is 0 Å². The first-order chi connectivity index (χ1) is 5.27. The summed E-state index contributed by atoms with van der Waals surface area (Å²) in [6.07, 6.45) is 6.61. The van der Waals surface area contributed by atoms with Crippen LogP contribution in [0, 0.1) is 11.8 Å². The molecule has 0 heteroatoms. The molecule has 3 saturated carbocycles. The second-order valence-electron chi connectivity index (χ2n) is 4.05. The maximum atomic E-state index is 4.15. The minimum absolute atomic E-state index is 0.793. The SMILES string of the molecule is C=C1C[C@@H]2CCC[C@H]1CC2=C. The van der Waals surface area contributed by atoms with Crippen LogP contribution in [0.3, 0.4) is 0 Å². The molecule has 60 valence electrons. The number of hydrogen-bond acceptors (Lipinski definition) is 0. The lowest BCUT2D eigenvalue weighted by molar-refractivity contribution is 0.491. The summed E-state index contributed by atoms with van der Waals surface area (Å²) >= 11 is 0. The topological polar surface area (TPSA) is 0 Å². The lowest BCUT2D eigenvalue weighted by atomic mass is 9.78. The van der Waals surface area contributed by atoms with Gasteiger partial charge in [-0.15, -0.1) is 0 Å². The first-order valence-electron chi connectivity index (χ1n) is 4.62. The Kier molecular flexibility index (Phi) is 1.63. The van der Waals surface area contributed by atoms with Crippen LogP contribution in [0.2, 0.25) is 0 Å². The Morgan fingerprint density at radius 2 is 1.36 bits per heavy atom. The smallest absolute Gasteiger partial charge is 0.0168 e. The van der Waals surface area contributed by atoms with Crippen molar-refractivity contribution in [1.82, 2.24) is 0 Å². The third-order valence-corrected chi connectivity index (χ3v) is 3.28. The Morgan fingerprint density at radius 3 is 1.82 bits per heavy atom. The van der Waals surface area contributed by atoms with Gasteiger partial charge in [0.15, 0.2) is 0 Å². The van der Waals surface area contributed by atoms with E-state index in [1.165, 1.54) is 43.3 Å². The van der Waals surface area contributed by atoms with Crippen LogP contribution in [0.1, 0.15) is 32.1 Å². The molecule has 0 amide bonds. The van der Waals surface area contributed by atoms with E-state index in [0.29, 0.717) is 0 Å². The van der Waals surface area contributed by atoms with Crippen molar-refractivity contribution in [3.05, 3.63) is 24.3 Å². The van der Waals surface area contributed by atoms with Crippen LogP contribution in [-0.2, 0) is 0 Å². The van der Waals surface area contributed by atoms with Crippen LogP contribution < -0.4 is 0 Å². The van der Waals surface area contributed by atoms with E-state index in [2.05, 4.69) is 13.2 Å². The fourth-order valence-corrected chi connectivity index (χ4v) is 2.48. The van der Waals surface area contributed by atoms with Crippen molar-refractivity contribution in [2.75, 3.05) is 0 Å². The van der Waals surface area contributed by atoms with Crippen LogP contribution in [0.5, 0.6) is 0 Å². The van der Waals surface area contributed by atoms with Gasteiger partial charge in [-0.3, -0.25) is 0 Å². The van der Waals surface area contributed by atoms with Crippen LogP contribution >= 0.6 is 0 Å². The zero-order chi connectivity index (χ0) is 7.84. The molecule has 0 aromatic heterocycles. The highest BCUT2D eigenvalue weighted by Crippen LogP contribution is 2.43. The Hall–Kier alpha value is -0.520. The third-order valence-electron chi connectivity index (χ3n) is 3.28. The van der Waals surface area contributed by atoms with Crippen molar-refractivity contribution in [3.63, 3.8) is 0 Å². The third kappa shape index (κ3) is 1.15. The summed E-state index contributed by atoms with van der Waals surface area (Å²) in [4.78, 5) is 0. The molecule has 3 fully saturated rings. The average molecular weight is 148 g/mol. The molecule has 3 rings (SSSR count). The molecule has 0 N–H and O–H groups in total. The molecule has 11 heavy (non-hydrogen) atoms. The molecule has 0 unspecified atom stereocenters. The number of allylic oxidation sites excluding steroid dienone is 2. The molecule has 0 radical (unpaired) electrons. The van der Waals surface area contributed by atoms with E-state index in [0.717, 1.165) is 11.8 Å². The Labute approximate surface area is 69.0 Å². The summed E-state index contributed by atoms with van der Waals surface area (Å²) in [7, 11) is 0. The maximum absolute atomic E-state index is 4.15. The molecule has 0 aromatic rings. The normalized spacial score (nSPS) is 37.5. The summed E-state index contributed by atoms with van der Waals surface area (Å²) in [5.74, 6) is 1.59. The highest BCUT2D eigenvalue weighted by atomic mass is 14.3. The zero-order valence-corrected chi connectivity index (χ0v) is 7.10. The quantitative estimate of drug-likeness (QED) is 0.462. The first kappa shape index (κ1) is 7.15. The largest absolute Gasteiger partial charge is 0.0995 e. The molecule has 0 saturated heterocycles. The molecule has 0 aliphatic heterocycles. The molecule has 2 atom stereocenters. The van der Waals surface area contributed by atoms with E-state index in [1.807, 2.05) is 0 Å². The lowest BCUT2D eigenvalue weighted by Crippen LogP contribution is -2.14. The van der Waals surface area contributed by atoms with E-state index < -0.39 is 0 Å². The summed E-state index contributed by atoms with van der Waals surface area (Å²) < 4.78 is 0. The minimum Gasteiger partial charge on any atom is -0.0995 e. The van der Waals surface area contributed by atoms with Gasteiger partial charge in [-0.2, -0.15) is 0 Å². The molecule has 0 heterocycles. The highest BCUT2D eigenvalue weighted by Gasteiger charge is 2.29. The molecule has 2 bridgehead atoms. The van der Waals surface area contributed by atoms with Gasteiger partial charge in [-0.05, 0) is 37.5 Å². The predicted molar refractivity (Wildman–Crippen MR) is 48.3 cm³/mol. The lowest BCUT2D eigenvalue weighted by Gasteiger charge is -2.27. The highest BCUT2D eigenvalue weighted by molar-refractivity contribution is 5.20. The molecule has 0 nitrogen and oxygen atoms in total. The van der Waals surface area contributed by atoms with Gasteiger partial charge >= 0.3 is 0 Å². The monoisotopic (exact) mass is 148 g/mol. The molecule has 3 aliphatic carbocycles. The summed E-state index contributed by atoms with van der Waals surface area (Å²) in [5, 5.41) is 0. The van der Waals surface area contributed by atoms with Gasteiger partial charge < -0.3 is 0 Å². The predicted octanol–water partition coefficient (Wildman–Crippen LogP) is 3.31. The standard InChI is InChI=1S/C11H16/c1-8-6-11-5-3-4-10(8)7-9(11)2/h10-11H,1-7H2/t10-,11-/m0/s1. The van der Waals surface area contributed by atoms with Crippen LogP contribution in [0.15, 0.2) is 24.3 Å². The van der Waals surface area contributed by atoms with Crippen molar-refractivity contribution >= 4 is 0 Å². The van der Waals surface area contributed by atoms with Crippen molar-refractivity contribution in [2.45, 2.75) is 32.1 Å². The van der Waals surface area contributed by atoms with E-state index in [-0.39, 0.29) is 0 Å². The van der Waals surface area contributed by atoms with E-state index in [9.17, 15) is 0 Å². The van der Waals surface area contributed by atoms with Gasteiger partial charge in [0.2, 0.25) is 0 Å². The van der Waals surface area contributed by atoms with Gasteiger partial charge in [0.1, 0.15) is 0 Å². The van der Waals surface area contributed by atoms with Crippen LogP contribution in [0.4, 0.5) is 0 Å². The molecule has 3 aliphatic rings. The molecule has 0 aromatic carbocycles. The van der Waals surface area contributed by atoms with E-state index >= 15 is 0 Å². The number of fused-ring (bicyclic) bond motifs is 4. The van der Waals surface area contributed by atoms with Crippen molar-refractivity contribution in [1.29, 1.82) is 0 Å². The second kappa shape index (κ2) is 2.51. The van der Waals surface area contributed by atoms with Gasteiger partial charge in [-0.25, -0.2) is 0 Å². The Balaban J connectivity index is 2.24. The minimum atomic E-state index is 0.793. The summed E-state index contributed by atoms with van der Waals surface area (Å²) in [5.41, 5.74) is 3.00. The van der Waals surface area contributed by atoms with E-state index in [4.69, 9.17) is 0 Å². The number of rotatable bonds is 0. The molecular weight excluding hydrogens is 132 g/mol.